The number of carbonyl (C=O) groups excluding carboxylic acids is 1. The van der Waals surface area contributed by atoms with Crippen molar-refractivity contribution in [2.75, 3.05) is 38.7 Å². The van der Waals surface area contributed by atoms with Crippen molar-refractivity contribution in [3.63, 3.8) is 0 Å². The van der Waals surface area contributed by atoms with E-state index in [2.05, 4.69) is 15.3 Å². The standard InChI is InChI=1S/C17H19ClN4O3/c1-11-19-14(17(23)22-5-7-25-8-6-22)10-16(20-11)21-13-9-12(18)3-4-15(13)24-2/h3-4,9-10H,5-8H2,1-2H3,(H,19,20,21). The van der Waals surface area contributed by atoms with Crippen molar-refractivity contribution in [1.82, 2.24) is 14.9 Å². The number of hydrogen-bond acceptors (Lipinski definition) is 6. The van der Waals surface area contributed by atoms with Crippen LogP contribution in [0.4, 0.5) is 11.5 Å². The minimum Gasteiger partial charge on any atom is -0.495 e. The Balaban J connectivity index is 1.87. The number of benzene rings is 1. The van der Waals surface area contributed by atoms with Crippen molar-refractivity contribution in [3.05, 3.63) is 40.8 Å². The van der Waals surface area contributed by atoms with Gasteiger partial charge in [-0.3, -0.25) is 4.79 Å². The lowest BCUT2D eigenvalue weighted by Crippen LogP contribution is -2.41. The molecule has 1 fully saturated rings. The van der Waals surface area contributed by atoms with Crippen LogP contribution in [-0.2, 0) is 4.74 Å². The van der Waals surface area contributed by atoms with E-state index in [9.17, 15) is 4.79 Å². The zero-order chi connectivity index (χ0) is 17.8. The van der Waals surface area contributed by atoms with Gasteiger partial charge in [-0.05, 0) is 25.1 Å². The lowest BCUT2D eigenvalue weighted by Gasteiger charge is -2.26. The van der Waals surface area contributed by atoms with E-state index >= 15 is 0 Å². The highest BCUT2D eigenvalue weighted by atomic mass is 35.5. The number of hydrogen-bond donors (Lipinski definition) is 1. The number of nitrogens with zero attached hydrogens (tertiary/aromatic N) is 3. The van der Waals surface area contributed by atoms with Crippen molar-refractivity contribution >= 4 is 29.0 Å². The first-order chi connectivity index (χ1) is 12.1. The Morgan fingerprint density at radius 3 is 2.76 bits per heavy atom. The summed E-state index contributed by atoms with van der Waals surface area (Å²) in [4.78, 5) is 23.0. The van der Waals surface area contributed by atoms with Gasteiger partial charge in [0.05, 0.1) is 26.0 Å². The first kappa shape index (κ1) is 17.4. The number of nitrogens with one attached hydrogen (secondary N) is 1. The Hall–Kier alpha value is -2.38. The summed E-state index contributed by atoms with van der Waals surface area (Å²) >= 11 is 6.05. The Bertz CT molecular complexity index is 778. The van der Waals surface area contributed by atoms with Gasteiger partial charge in [-0.1, -0.05) is 11.6 Å². The fourth-order valence-corrected chi connectivity index (χ4v) is 2.76. The van der Waals surface area contributed by atoms with Crippen LogP contribution < -0.4 is 10.1 Å². The molecule has 0 saturated carbocycles. The Kier molecular flexibility index (Phi) is 5.35. The first-order valence-corrected chi connectivity index (χ1v) is 8.28. The largest absolute Gasteiger partial charge is 0.495 e. The zero-order valence-electron chi connectivity index (χ0n) is 14.1. The van der Waals surface area contributed by atoms with E-state index in [0.717, 1.165) is 0 Å². The number of amides is 1. The average molecular weight is 363 g/mol. The Labute approximate surface area is 150 Å². The highest BCUT2D eigenvalue weighted by Crippen LogP contribution is 2.30. The third-order valence-corrected chi connectivity index (χ3v) is 4.01. The summed E-state index contributed by atoms with van der Waals surface area (Å²) in [5.41, 5.74) is 1.01. The molecule has 2 aromatic rings. The Morgan fingerprint density at radius 2 is 2.04 bits per heavy atom. The molecule has 132 valence electrons. The van der Waals surface area contributed by atoms with E-state index in [-0.39, 0.29) is 5.91 Å². The van der Waals surface area contributed by atoms with E-state index < -0.39 is 0 Å². The zero-order valence-corrected chi connectivity index (χ0v) is 14.8. The number of aromatic nitrogens is 2. The maximum atomic E-state index is 12.6. The van der Waals surface area contributed by atoms with Gasteiger partial charge in [-0.25, -0.2) is 9.97 Å². The molecule has 1 N–H and O–H groups in total. The molecule has 1 aromatic carbocycles. The number of aryl methyl sites for hydroxylation is 1. The molecule has 1 amide bonds. The minimum absolute atomic E-state index is 0.130. The fourth-order valence-electron chi connectivity index (χ4n) is 2.59. The summed E-state index contributed by atoms with van der Waals surface area (Å²) in [7, 11) is 1.58. The van der Waals surface area contributed by atoms with E-state index in [1.165, 1.54) is 0 Å². The van der Waals surface area contributed by atoms with Gasteiger partial charge in [0.2, 0.25) is 0 Å². The summed E-state index contributed by atoms with van der Waals surface area (Å²) < 4.78 is 10.6. The highest BCUT2D eigenvalue weighted by Gasteiger charge is 2.21. The molecular weight excluding hydrogens is 344 g/mol. The summed E-state index contributed by atoms with van der Waals surface area (Å²) in [6, 6.07) is 6.87. The van der Waals surface area contributed by atoms with Crippen LogP contribution in [0.1, 0.15) is 16.3 Å². The molecule has 0 aliphatic carbocycles. The molecule has 3 rings (SSSR count). The second-order valence-electron chi connectivity index (χ2n) is 5.56. The maximum absolute atomic E-state index is 12.6. The highest BCUT2D eigenvalue weighted by molar-refractivity contribution is 6.31. The molecule has 8 heteroatoms. The summed E-state index contributed by atoms with van der Waals surface area (Å²) in [6.45, 7) is 3.96. The third-order valence-electron chi connectivity index (χ3n) is 3.78. The topological polar surface area (TPSA) is 76.6 Å². The van der Waals surface area contributed by atoms with Crippen molar-refractivity contribution in [1.29, 1.82) is 0 Å². The molecule has 1 saturated heterocycles. The molecule has 0 bridgehead atoms. The van der Waals surface area contributed by atoms with Crippen LogP contribution in [-0.4, -0.2) is 54.2 Å². The number of methoxy groups -OCH3 is 1. The number of carbonyl (C=O) groups is 1. The third kappa shape index (κ3) is 4.18. The van der Waals surface area contributed by atoms with Crippen molar-refractivity contribution in [2.45, 2.75) is 6.92 Å². The summed E-state index contributed by atoms with van der Waals surface area (Å²) in [5, 5.41) is 3.72. The van der Waals surface area contributed by atoms with Crippen LogP contribution in [0.5, 0.6) is 5.75 Å². The molecule has 0 atom stereocenters. The predicted molar refractivity (Wildman–Crippen MR) is 94.8 cm³/mol. The normalized spacial score (nSPS) is 14.3. The average Bonchev–Trinajstić information content (AvgIpc) is 2.61. The Morgan fingerprint density at radius 1 is 1.28 bits per heavy atom. The van der Waals surface area contributed by atoms with E-state index in [1.807, 2.05) is 0 Å². The van der Waals surface area contributed by atoms with Gasteiger partial charge >= 0.3 is 0 Å². The summed E-state index contributed by atoms with van der Waals surface area (Å²) in [5.74, 6) is 1.50. The number of halogens is 1. The second-order valence-corrected chi connectivity index (χ2v) is 6.00. The smallest absolute Gasteiger partial charge is 0.272 e. The summed E-state index contributed by atoms with van der Waals surface area (Å²) in [6.07, 6.45) is 0. The van der Waals surface area contributed by atoms with Gasteiger partial charge < -0.3 is 19.7 Å². The number of morpholine rings is 1. The van der Waals surface area contributed by atoms with E-state index in [0.29, 0.717) is 60.1 Å². The fraction of sp³-hybridized carbons (Fsp3) is 0.353. The molecule has 0 radical (unpaired) electrons. The van der Waals surface area contributed by atoms with Gasteiger partial charge in [0.25, 0.3) is 5.91 Å². The van der Waals surface area contributed by atoms with Gasteiger partial charge in [0, 0.05) is 24.2 Å². The van der Waals surface area contributed by atoms with Crippen molar-refractivity contribution in [2.24, 2.45) is 0 Å². The SMILES string of the molecule is COc1ccc(Cl)cc1Nc1cc(C(=O)N2CCOCC2)nc(C)n1. The number of ether oxygens (including phenoxy) is 2. The molecule has 2 heterocycles. The van der Waals surface area contributed by atoms with E-state index in [4.69, 9.17) is 21.1 Å². The van der Waals surface area contributed by atoms with Crippen LogP contribution >= 0.6 is 11.6 Å². The van der Waals surface area contributed by atoms with Crippen LogP contribution in [0, 0.1) is 6.92 Å². The number of anilines is 2. The van der Waals surface area contributed by atoms with Gasteiger partial charge in [0.15, 0.2) is 0 Å². The monoisotopic (exact) mass is 362 g/mol. The van der Waals surface area contributed by atoms with Crippen LogP contribution in [0.3, 0.4) is 0 Å². The second kappa shape index (κ2) is 7.67. The molecule has 1 aliphatic rings. The molecule has 1 aliphatic heterocycles. The lowest BCUT2D eigenvalue weighted by atomic mass is 10.2. The van der Waals surface area contributed by atoms with Gasteiger partial charge in [-0.15, -0.1) is 0 Å². The first-order valence-electron chi connectivity index (χ1n) is 7.90. The van der Waals surface area contributed by atoms with Crippen molar-refractivity contribution < 1.29 is 14.3 Å². The quantitative estimate of drug-likeness (QED) is 0.901. The van der Waals surface area contributed by atoms with E-state index in [1.54, 1.807) is 43.2 Å². The van der Waals surface area contributed by atoms with Gasteiger partial charge in [-0.2, -0.15) is 0 Å². The van der Waals surface area contributed by atoms with Crippen LogP contribution in [0.2, 0.25) is 5.02 Å². The molecule has 25 heavy (non-hydrogen) atoms. The minimum atomic E-state index is -0.130. The molecule has 1 aromatic heterocycles. The van der Waals surface area contributed by atoms with Gasteiger partial charge in [0.1, 0.15) is 23.1 Å². The van der Waals surface area contributed by atoms with Crippen molar-refractivity contribution in [3.8, 4) is 5.75 Å². The molecule has 0 spiro atoms. The molecule has 7 nitrogen and oxygen atoms in total. The van der Waals surface area contributed by atoms with Crippen LogP contribution in [0.15, 0.2) is 24.3 Å². The molecular formula is C17H19ClN4O3. The predicted octanol–water partition coefficient (Wildman–Crippen LogP) is 2.66. The lowest BCUT2D eigenvalue weighted by molar-refractivity contribution is 0.0299. The molecule has 0 unspecified atom stereocenters. The maximum Gasteiger partial charge on any atom is 0.272 e. The van der Waals surface area contributed by atoms with Crippen LogP contribution in [0.25, 0.3) is 0 Å². The number of rotatable bonds is 4.